The summed E-state index contributed by atoms with van der Waals surface area (Å²) >= 11 is 0. The number of hydrogen-bond acceptors (Lipinski definition) is 2. The monoisotopic (exact) mass is 442 g/mol. The smallest absolute Gasteiger partial charge is 0.139 e. The molecule has 32 heavy (non-hydrogen) atoms. The molecule has 5 aliphatic carbocycles. The highest BCUT2D eigenvalue weighted by molar-refractivity contribution is 5.86. The van der Waals surface area contributed by atoms with Crippen LogP contribution >= 0.6 is 0 Å². The lowest BCUT2D eigenvalue weighted by molar-refractivity contribution is -0.237. The Morgan fingerprint density at radius 2 is 1.34 bits per heavy atom. The number of rotatable bonds is 1. The van der Waals surface area contributed by atoms with E-state index < -0.39 is 5.60 Å². The largest absolute Gasteiger partial charge is 0.390 e. The van der Waals surface area contributed by atoms with E-state index in [-0.39, 0.29) is 16.2 Å². The summed E-state index contributed by atoms with van der Waals surface area (Å²) in [6.07, 6.45) is 11.9. The first kappa shape index (κ1) is 23.4. The Kier molecular flexibility index (Phi) is 4.85. The summed E-state index contributed by atoms with van der Waals surface area (Å²) in [5.74, 6) is 3.50. The summed E-state index contributed by atoms with van der Waals surface area (Å²) in [4.78, 5) is 13.7. The molecule has 0 heterocycles. The lowest BCUT2D eigenvalue weighted by Gasteiger charge is -2.72. The lowest BCUT2D eigenvalue weighted by Crippen LogP contribution is -2.67. The van der Waals surface area contributed by atoms with E-state index in [1.165, 1.54) is 51.4 Å². The number of Topliss-reactive ketones (excluding diaryl/α,β-unsaturated/α-hetero) is 1. The second-order valence-corrected chi connectivity index (χ2v) is 15.3. The van der Waals surface area contributed by atoms with Crippen LogP contribution in [0.15, 0.2) is 0 Å². The number of hydrogen-bond donors (Lipinski definition) is 1. The summed E-state index contributed by atoms with van der Waals surface area (Å²) in [5, 5.41) is 11.0. The van der Waals surface area contributed by atoms with Gasteiger partial charge in [0.25, 0.3) is 0 Å². The van der Waals surface area contributed by atoms with E-state index in [2.05, 4.69) is 41.5 Å². The van der Waals surface area contributed by atoms with Crippen molar-refractivity contribution >= 4 is 5.78 Å². The Balaban J connectivity index is 1.54. The van der Waals surface area contributed by atoms with Crippen LogP contribution in [0.25, 0.3) is 0 Å². The first-order valence-corrected chi connectivity index (χ1v) is 13.9. The minimum atomic E-state index is -0.567. The highest BCUT2D eigenvalue weighted by atomic mass is 16.3. The Bertz CT molecular complexity index is 806. The molecular formula is C30H50O2. The number of aliphatic hydroxyl groups is 1. The highest BCUT2D eigenvalue weighted by Crippen LogP contribution is 2.77. The van der Waals surface area contributed by atoms with Gasteiger partial charge in [-0.05, 0) is 123 Å². The van der Waals surface area contributed by atoms with Crippen LogP contribution in [0.2, 0.25) is 0 Å². The predicted octanol–water partition coefficient (Wildman–Crippen LogP) is 7.43. The zero-order chi connectivity index (χ0) is 23.5. The maximum Gasteiger partial charge on any atom is 0.139 e. The maximum atomic E-state index is 13.7. The number of fused-ring (bicyclic) bond motifs is 7. The summed E-state index contributed by atoms with van der Waals surface area (Å²) in [7, 11) is 0. The van der Waals surface area contributed by atoms with Gasteiger partial charge in [0.05, 0.1) is 5.60 Å². The maximum absolute atomic E-state index is 13.7. The fourth-order valence-electron chi connectivity index (χ4n) is 11.7. The van der Waals surface area contributed by atoms with Gasteiger partial charge < -0.3 is 5.11 Å². The first-order valence-electron chi connectivity index (χ1n) is 13.9. The van der Waals surface area contributed by atoms with E-state index >= 15 is 0 Å². The van der Waals surface area contributed by atoms with Crippen LogP contribution in [-0.4, -0.2) is 16.5 Å². The summed E-state index contributed by atoms with van der Waals surface area (Å²) < 4.78 is 0. The SMILES string of the molecule is CC1(C)CCC(=O)[C@@]2(C)C1CC[C@]1(C)[C@@H]2CC[C@@H]2[C@@]3(C)CC[C@H](C(C)(C)O)[C@@H]3CC[C@]21C. The van der Waals surface area contributed by atoms with Gasteiger partial charge in [-0.25, -0.2) is 0 Å². The van der Waals surface area contributed by atoms with Gasteiger partial charge in [-0.1, -0.05) is 41.5 Å². The third-order valence-electron chi connectivity index (χ3n) is 13.5. The molecular weight excluding hydrogens is 392 g/mol. The lowest BCUT2D eigenvalue weighted by atomic mass is 9.32. The Morgan fingerprint density at radius 3 is 2.00 bits per heavy atom. The van der Waals surface area contributed by atoms with Crippen molar-refractivity contribution < 1.29 is 9.90 Å². The molecule has 5 aliphatic rings. The van der Waals surface area contributed by atoms with Crippen LogP contribution in [0.1, 0.15) is 120 Å². The molecule has 9 atom stereocenters. The van der Waals surface area contributed by atoms with Gasteiger partial charge in [-0.15, -0.1) is 0 Å². The Labute approximate surface area is 197 Å². The van der Waals surface area contributed by atoms with Gasteiger partial charge in [0, 0.05) is 11.8 Å². The van der Waals surface area contributed by atoms with E-state index in [0.29, 0.717) is 40.3 Å². The molecule has 1 N–H and O–H groups in total. The molecule has 0 aromatic carbocycles. The normalized spacial score (nSPS) is 54.9. The number of ketones is 1. The van der Waals surface area contributed by atoms with Crippen molar-refractivity contribution in [3.63, 3.8) is 0 Å². The Hall–Kier alpha value is -0.370. The number of carbonyl (C=O) groups is 1. The van der Waals surface area contributed by atoms with Crippen molar-refractivity contribution in [2.75, 3.05) is 0 Å². The molecule has 0 aliphatic heterocycles. The molecule has 182 valence electrons. The molecule has 5 rings (SSSR count). The molecule has 0 aromatic heterocycles. The average molecular weight is 443 g/mol. The molecule has 0 bridgehead atoms. The highest BCUT2D eigenvalue weighted by Gasteiger charge is 2.72. The molecule has 2 heteroatoms. The van der Waals surface area contributed by atoms with Crippen LogP contribution in [-0.2, 0) is 4.79 Å². The topological polar surface area (TPSA) is 37.3 Å². The second-order valence-electron chi connectivity index (χ2n) is 15.3. The molecule has 1 unspecified atom stereocenters. The van der Waals surface area contributed by atoms with Crippen LogP contribution in [0.4, 0.5) is 0 Å². The van der Waals surface area contributed by atoms with E-state index in [1.54, 1.807) is 0 Å². The second kappa shape index (κ2) is 6.64. The van der Waals surface area contributed by atoms with Gasteiger partial charge in [0.15, 0.2) is 0 Å². The fraction of sp³-hybridized carbons (Fsp3) is 0.967. The molecule has 0 aromatic rings. The number of carbonyl (C=O) groups excluding carboxylic acids is 1. The molecule has 0 saturated heterocycles. The van der Waals surface area contributed by atoms with Crippen molar-refractivity contribution in [2.45, 2.75) is 125 Å². The third-order valence-corrected chi connectivity index (χ3v) is 13.5. The molecule has 5 fully saturated rings. The standard InChI is InChI=1S/C30H50O2/c1-25(2)15-14-24(31)30(8)21(25)13-18-29(7)23(30)10-9-22-27(5)16-11-19(26(3,4)32)20(27)12-17-28(22,29)6/h19-23,32H,9-18H2,1-8H3/t19-,20-,21?,22+,23-,27-,28+,29+,30-/m0/s1. The summed E-state index contributed by atoms with van der Waals surface area (Å²) in [6, 6.07) is 0. The van der Waals surface area contributed by atoms with Gasteiger partial charge >= 0.3 is 0 Å². The molecule has 5 saturated carbocycles. The first-order chi connectivity index (χ1) is 14.6. The van der Waals surface area contributed by atoms with Crippen molar-refractivity contribution in [3.8, 4) is 0 Å². The summed E-state index contributed by atoms with van der Waals surface area (Å²) in [6.45, 7) is 19.2. The van der Waals surface area contributed by atoms with Crippen LogP contribution in [0.5, 0.6) is 0 Å². The molecule has 2 nitrogen and oxygen atoms in total. The van der Waals surface area contributed by atoms with Gasteiger partial charge in [0.2, 0.25) is 0 Å². The van der Waals surface area contributed by atoms with Crippen LogP contribution in [0.3, 0.4) is 0 Å². The summed E-state index contributed by atoms with van der Waals surface area (Å²) in [5.41, 5.74) is 0.501. The molecule has 0 radical (unpaired) electrons. The third kappa shape index (κ3) is 2.66. The van der Waals surface area contributed by atoms with Crippen molar-refractivity contribution in [1.29, 1.82) is 0 Å². The van der Waals surface area contributed by atoms with Gasteiger partial charge in [-0.2, -0.15) is 0 Å². The molecule has 0 spiro atoms. The zero-order valence-corrected chi connectivity index (χ0v) is 22.3. The van der Waals surface area contributed by atoms with Crippen molar-refractivity contribution in [3.05, 3.63) is 0 Å². The van der Waals surface area contributed by atoms with Crippen molar-refractivity contribution in [2.24, 2.45) is 56.7 Å². The van der Waals surface area contributed by atoms with E-state index in [0.717, 1.165) is 18.8 Å². The van der Waals surface area contributed by atoms with E-state index in [4.69, 9.17) is 0 Å². The van der Waals surface area contributed by atoms with Gasteiger partial charge in [0.1, 0.15) is 5.78 Å². The zero-order valence-electron chi connectivity index (χ0n) is 22.3. The fourth-order valence-corrected chi connectivity index (χ4v) is 11.7. The minimum absolute atomic E-state index is 0.133. The Morgan fingerprint density at radius 1 is 0.750 bits per heavy atom. The predicted molar refractivity (Wildman–Crippen MR) is 131 cm³/mol. The van der Waals surface area contributed by atoms with E-state index in [9.17, 15) is 9.90 Å². The molecule has 0 amide bonds. The minimum Gasteiger partial charge on any atom is -0.390 e. The van der Waals surface area contributed by atoms with E-state index in [1.807, 2.05) is 13.8 Å². The van der Waals surface area contributed by atoms with Gasteiger partial charge in [-0.3, -0.25) is 4.79 Å². The van der Waals surface area contributed by atoms with Crippen molar-refractivity contribution in [1.82, 2.24) is 0 Å². The average Bonchev–Trinajstić information content (AvgIpc) is 3.03. The van der Waals surface area contributed by atoms with Crippen LogP contribution < -0.4 is 0 Å². The van der Waals surface area contributed by atoms with Crippen LogP contribution in [0, 0.1) is 56.7 Å². The quantitative estimate of drug-likeness (QED) is 0.458.